The fraction of sp³-hybridized carbons (Fsp3) is 0.389. The third-order valence-electron chi connectivity index (χ3n) is 4.77. The van der Waals surface area contributed by atoms with Crippen molar-refractivity contribution in [1.82, 2.24) is 9.78 Å². The molecule has 1 aliphatic carbocycles. The fourth-order valence-corrected chi connectivity index (χ4v) is 3.99. The first kappa shape index (κ1) is 16.2. The summed E-state index contributed by atoms with van der Waals surface area (Å²) in [4.78, 5) is 25.5. The molecule has 2 unspecified atom stereocenters. The Morgan fingerprint density at radius 2 is 2.20 bits per heavy atom. The SMILES string of the molecule is CC1Sc2ccc(C(=O)Nc3ccnn3C(C)C3CC3)cc2NC1=O. The minimum absolute atomic E-state index is 0.0357. The second-order valence-corrected chi connectivity index (χ2v) is 8.04. The van der Waals surface area contributed by atoms with Crippen LogP contribution in [0.2, 0.25) is 0 Å². The van der Waals surface area contributed by atoms with Gasteiger partial charge in [-0.25, -0.2) is 4.68 Å². The molecule has 130 valence electrons. The van der Waals surface area contributed by atoms with Crippen molar-refractivity contribution >= 4 is 35.1 Å². The average molecular weight is 356 g/mol. The van der Waals surface area contributed by atoms with Gasteiger partial charge in [-0.2, -0.15) is 5.10 Å². The van der Waals surface area contributed by atoms with Gasteiger partial charge in [-0.15, -0.1) is 11.8 Å². The Morgan fingerprint density at radius 3 is 2.96 bits per heavy atom. The molecule has 25 heavy (non-hydrogen) atoms. The Balaban J connectivity index is 1.53. The zero-order valence-corrected chi connectivity index (χ0v) is 15.0. The normalized spacial score (nSPS) is 20.6. The molecule has 7 heteroatoms. The minimum atomic E-state index is -0.203. The monoisotopic (exact) mass is 356 g/mol. The van der Waals surface area contributed by atoms with E-state index in [0.717, 1.165) is 4.90 Å². The number of amides is 2. The van der Waals surface area contributed by atoms with E-state index < -0.39 is 0 Å². The smallest absolute Gasteiger partial charge is 0.256 e. The number of nitrogens with one attached hydrogen (secondary N) is 2. The molecule has 0 bridgehead atoms. The van der Waals surface area contributed by atoms with Crippen LogP contribution in [0.3, 0.4) is 0 Å². The maximum Gasteiger partial charge on any atom is 0.256 e. The van der Waals surface area contributed by atoms with E-state index in [9.17, 15) is 9.59 Å². The maximum absolute atomic E-state index is 12.6. The molecule has 2 heterocycles. The average Bonchev–Trinajstić information content (AvgIpc) is 3.34. The van der Waals surface area contributed by atoms with E-state index in [1.165, 1.54) is 24.6 Å². The van der Waals surface area contributed by atoms with Gasteiger partial charge in [-0.3, -0.25) is 9.59 Å². The van der Waals surface area contributed by atoms with Gasteiger partial charge in [-0.05, 0) is 50.8 Å². The second kappa shape index (κ2) is 6.22. The molecule has 0 saturated heterocycles. The molecule has 1 aromatic heterocycles. The highest BCUT2D eigenvalue weighted by molar-refractivity contribution is 8.00. The van der Waals surface area contributed by atoms with Crippen molar-refractivity contribution in [2.24, 2.45) is 5.92 Å². The predicted molar refractivity (Wildman–Crippen MR) is 98.0 cm³/mol. The summed E-state index contributed by atoms with van der Waals surface area (Å²) in [6.45, 7) is 4.00. The summed E-state index contributed by atoms with van der Waals surface area (Å²) in [5, 5.41) is 10.0. The number of aromatic nitrogens is 2. The van der Waals surface area contributed by atoms with Gasteiger partial charge in [0.25, 0.3) is 5.91 Å². The molecule has 2 aromatic rings. The number of benzene rings is 1. The number of carbonyl (C=O) groups is 2. The highest BCUT2D eigenvalue weighted by atomic mass is 32.2. The summed E-state index contributed by atoms with van der Waals surface area (Å²) in [7, 11) is 0. The number of carbonyl (C=O) groups excluding carboxylic acids is 2. The topological polar surface area (TPSA) is 76.0 Å². The molecule has 1 saturated carbocycles. The van der Waals surface area contributed by atoms with Crippen molar-refractivity contribution in [3.05, 3.63) is 36.0 Å². The molecule has 2 aliphatic rings. The number of rotatable bonds is 4. The van der Waals surface area contributed by atoms with Crippen LogP contribution in [-0.2, 0) is 4.79 Å². The number of hydrogen-bond donors (Lipinski definition) is 2. The Bertz CT molecular complexity index is 843. The summed E-state index contributed by atoms with van der Waals surface area (Å²) in [6.07, 6.45) is 4.14. The third-order valence-corrected chi connectivity index (χ3v) is 5.95. The first-order valence-corrected chi connectivity index (χ1v) is 9.37. The standard InChI is InChI=1S/C18H20N4O2S/c1-10(12-3-4-12)22-16(7-8-19-22)21-18(24)13-5-6-15-14(9-13)20-17(23)11(2)25-15/h5-12H,3-4H2,1-2H3,(H,20,23)(H,21,24). The highest BCUT2D eigenvalue weighted by Crippen LogP contribution is 2.40. The molecule has 2 N–H and O–H groups in total. The summed E-state index contributed by atoms with van der Waals surface area (Å²) >= 11 is 1.50. The zero-order chi connectivity index (χ0) is 17.6. The lowest BCUT2D eigenvalue weighted by Gasteiger charge is -2.21. The molecule has 0 radical (unpaired) electrons. The summed E-state index contributed by atoms with van der Waals surface area (Å²) < 4.78 is 1.88. The summed E-state index contributed by atoms with van der Waals surface area (Å²) in [6, 6.07) is 7.50. The van der Waals surface area contributed by atoms with Crippen molar-refractivity contribution in [3.63, 3.8) is 0 Å². The van der Waals surface area contributed by atoms with Gasteiger partial charge >= 0.3 is 0 Å². The largest absolute Gasteiger partial charge is 0.324 e. The van der Waals surface area contributed by atoms with Crippen LogP contribution in [0.5, 0.6) is 0 Å². The van der Waals surface area contributed by atoms with Gasteiger partial charge in [0.05, 0.1) is 23.2 Å². The molecule has 4 rings (SSSR count). The molecule has 0 spiro atoms. The lowest BCUT2D eigenvalue weighted by molar-refractivity contribution is -0.115. The molecule has 1 aliphatic heterocycles. The number of hydrogen-bond acceptors (Lipinski definition) is 4. The second-order valence-electron chi connectivity index (χ2n) is 6.65. The Labute approximate surface area is 150 Å². The van der Waals surface area contributed by atoms with Crippen molar-refractivity contribution in [2.45, 2.75) is 42.9 Å². The van der Waals surface area contributed by atoms with Crippen molar-refractivity contribution in [2.75, 3.05) is 10.6 Å². The molecular weight excluding hydrogens is 336 g/mol. The number of anilines is 2. The van der Waals surface area contributed by atoms with E-state index in [-0.39, 0.29) is 23.1 Å². The van der Waals surface area contributed by atoms with Gasteiger partial charge in [0.1, 0.15) is 5.82 Å². The van der Waals surface area contributed by atoms with Crippen LogP contribution >= 0.6 is 11.8 Å². The fourth-order valence-electron chi connectivity index (χ4n) is 3.05. The van der Waals surface area contributed by atoms with Crippen molar-refractivity contribution < 1.29 is 9.59 Å². The first-order chi connectivity index (χ1) is 12.0. The van der Waals surface area contributed by atoms with Gasteiger partial charge in [0.2, 0.25) is 5.91 Å². The van der Waals surface area contributed by atoms with Gasteiger partial charge < -0.3 is 10.6 Å². The van der Waals surface area contributed by atoms with Crippen LogP contribution in [0, 0.1) is 5.92 Å². The van der Waals surface area contributed by atoms with Crippen molar-refractivity contribution in [1.29, 1.82) is 0 Å². The zero-order valence-electron chi connectivity index (χ0n) is 14.2. The summed E-state index contributed by atoms with van der Waals surface area (Å²) in [5.41, 5.74) is 1.21. The van der Waals surface area contributed by atoms with E-state index in [1.807, 2.05) is 23.7 Å². The van der Waals surface area contributed by atoms with Crippen LogP contribution in [0.15, 0.2) is 35.4 Å². The molecule has 6 nitrogen and oxygen atoms in total. The van der Waals surface area contributed by atoms with Crippen LogP contribution < -0.4 is 10.6 Å². The molecule has 2 amide bonds. The van der Waals surface area contributed by atoms with Gasteiger partial charge in [0, 0.05) is 16.5 Å². The Morgan fingerprint density at radius 1 is 1.40 bits per heavy atom. The molecule has 2 atom stereocenters. The minimum Gasteiger partial charge on any atom is -0.324 e. The van der Waals surface area contributed by atoms with Crippen molar-refractivity contribution in [3.8, 4) is 0 Å². The van der Waals surface area contributed by atoms with Gasteiger partial charge in [-0.1, -0.05) is 0 Å². The number of nitrogens with zero attached hydrogens (tertiary/aromatic N) is 2. The van der Waals surface area contributed by atoms with Crippen LogP contribution in [-0.4, -0.2) is 26.8 Å². The molecule has 1 fully saturated rings. The Kier molecular flexibility index (Phi) is 4.03. The third kappa shape index (κ3) is 3.16. The quantitative estimate of drug-likeness (QED) is 0.878. The number of thioether (sulfide) groups is 1. The molecule has 1 aromatic carbocycles. The van der Waals surface area contributed by atoms with E-state index in [1.54, 1.807) is 18.3 Å². The van der Waals surface area contributed by atoms with Crippen LogP contribution in [0.4, 0.5) is 11.5 Å². The van der Waals surface area contributed by atoms with E-state index in [2.05, 4.69) is 22.7 Å². The van der Waals surface area contributed by atoms with Gasteiger partial charge in [0.15, 0.2) is 0 Å². The van der Waals surface area contributed by atoms with E-state index in [0.29, 0.717) is 23.0 Å². The summed E-state index contributed by atoms with van der Waals surface area (Å²) in [5.74, 6) is 1.11. The van der Waals surface area contributed by atoms with Crippen LogP contribution in [0.25, 0.3) is 0 Å². The van der Waals surface area contributed by atoms with E-state index in [4.69, 9.17) is 0 Å². The molecular formula is C18H20N4O2S. The number of fused-ring (bicyclic) bond motifs is 1. The first-order valence-electron chi connectivity index (χ1n) is 8.49. The Hall–Kier alpha value is -2.28. The highest BCUT2D eigenvalue weighted by Gasteiger charge is 2.31. The lowest BCUT2D eigenvalue weighted by atomic mass is 10.1. The maximum atomic E-state index is 12.6. The van der Waals surface area contributed by atoms with Crippen LogP contribution in [0.1, 0.15) is 43.1 Å². The lowest BCUT2D eigenvalue weighted by Crippen LogP contribution is -2.26. The predicted octanol–water partition coefficient (Wildman–Crippen LogP) is 3.54. The van der Waals surface area contributed by atoms with E-state index >= 15 is 0 Å².